The van der Waals surface area contributed by atoms with Crippen LogP contribution in [0.15, 0.2) is 0 Å². The highest BCUT2D eigenvalue weighted by Crippen LogP contribution is 2.21. The summed E-state index contributed by atoms with van der Waals surface area (Å²) in [5, 5.41) is 11.9. The largest absolute Gasteiger partial charge is 0.310 e. The number of rotatable bonds is 0. The molecule has 2 fully saturated rings. The maximum atomic E-state index is 8.54. The Morgan fingerprint density at radius 2 is 2.56 bits per heavy atom. The van der Waals surface area contributed by atoms with E-state index in [1.54, 1.807) is 0 Å². The van der Waals surface area contributed by atoms with Crippen LogP contribution in [-0.4, -0.2) is 30.1 Å². The highest BCUT2D eigenvalue weighted by molar-refractivity contribution is 5.01. The van der Waals surface area contributed by atoms with Gasteiger partial charge in [0.1, 0.15) is 0 Å². The number of nitrogens with zero attached hydrogens (tertiary/aromatic N) is 2. The third kappa shape index (κ3) is 0.600. The van der Waals surface area contributed by atoms with Crippen LogP contribution in [0.5, 0.6) is 0 Å². The van der Waals surface area contributed by atoms with E-state index >= 15 is 0 Å². The lowest BCUT2D eigenvalue weighted by Gasteiger charge is -2.20. The van der Waals surface area contributed by atoms with E-state index in [-0.39, 0.29) is 0 Å². The standard InChI is InChI=1S/C6H9N3/c7-4-9-3-5-1-6(9)2-8-5/h5-6,8H,1-3H2. The van der Waals surface area contributed by atoms with Crippen molar-refractivity contribution in [2.75, 3.05) is 13.1 Å². The smallest absolute Gasteiger partial charge is 0.179 e. The SMILES string of the molecule is N#CN1CC2CC1CN2. The lowest BCUT2D eigenvalue weighted by Crippen LogP contribution is -2.40. The third-order valence-electron chi connectivity index (χ3n) is 2.19. The molecule has 0 saturated carbocycles. The van der Waals surface area contributed by atoms with Gasteiger partial charge in [-0.2, -0.15) is 5.26 Å². The van der Waals surface area contributed by atoms with E-state index < -0.39 is 0 Å². The Labute approximate surface area is 54.3 Å². The van der Waals surface area contributed by atoms with Gasteiger partial charge in [-0.1, -0.05) is 0 Å². The van der Waals surface area contributed by atoms with Crippen molar-refractivity contribution in [3.05, 3.63) is 0 Å². The monoisotopic (exact) mass is 123 g/mol. The Morgan fingerprint density at radius 1 is 1.67 bits per heavy atom. The maximum absolute atomic E-state index is 8.54. The number of hydrogen-bond donors (Lipinski definition) is 1. The molecule has 48 valence electrons. The van der Waals surface area contributed by atoms with Crippen LogP contribution in [-0.2, 0) is 0 Å². The van der Waals surface area contributed by atoms with Crippen LogP contribution in [0.4, 0.5) is 0 Å². The molecule has 0 spiro atoms. The van der Waals surface area contributed by atoms with Crippen molar-refractivity contribution in [2.24, 2.45) is 0 Å². The molecule has 0 aliphatic carbocycles. The Kier molecular flexibility index (Phi) is 0.908. The Balaban J connectivity index is 2.12. The molecule has 0 amide bonds. The quantitative estimate of drug-likeness (QED) is 0.442. The summed E-state index contributed by atoms with van der Waals surface area (Å²) in [6, 6.07) is 1.12. The molecule has 0 aromatic carbocycles. The number of likely N-dealkylation sites (tertiary alicyclic amines) is 1. The van der Waals surface area contributed by atoms with Crippen molar-refractivity contribution in [3.63, 3.8) is 0 Å². The zero-order valence-corrected chi connectivity index (χ0v) is 5.17. The molecule has 2 bridgehead atoms. The second kappa shape index (κ2) is 1.61. The number of hydrogen-bond acceptors (Lipinski definition) is 3. The van der Waals surface area contributed by atoms with Crippen molar-refractivity contribution < 1.29 is 0 Å². The molecule has 2 rings (SSSR count). The molecule has 2 aliphatic heterocycles. The summed E-state index contributed by atoms with van der Waals surface area (Å²) in [6.45, 7) is 1.94. The number of nitrogens with one attached hydrogen (secondary N) is 1. The van der Waals surface area contributed by atoms with Crippen molar-refractivity contribution in [1.29, 1.82) is 5.26 Å². The first-order chi connectivity index (χ1) is 4.40. The van der Waals surface area contributed by atoms with Gasteiger partial charge in [-0.3, -0.25) is 0 Å². The fourth-order valence-corrected chi connectivity index (χ4v) is 1.68. The molecule has 2 aliphatic rings. The first-order valence-corrected chi connectivity index (χ1v) is 3.30. The van der Waals surface area contributed by atoms with Gasteiger partial charge in [-0.05, 0) is 6.42 Å². The van der Waals surface area contributed by atoms with Gasteiger partial charge in [0.2, 0.25) is 0 Å². The molecule has 2 saturated heterocycles. The van der Waals surface area contributed by atoms with E-state index in [9.17, 15) is 0 Å². The number of fused-ring (bicyclic) bond motifs is 2. The van der Waals surface area contributed by atoms with Crippen LogP contribution in [0.1, 0.15) is 6.42 Å². The Morgan fingerprint density at radius 3 is 2.89 bits per heavy atom. The summed E-state index contributed by atoms with van der Waals surface area (Å²) in [6.07, 6.45) is 3.36. The second-order valence-electron chi connectivity index (χ2n) is 2.75. The predicted octanol–water partition coefficient (Wildman–Crippen LogP) is -0.486. The number of nitriles is 1. The average Bonchev–Trinajstić information content (AvgIpc) is 2.45. The minimum absolute atomic E-state index is 0.514. The minimum Gasteiger partial charge on any atom is -0.310 e. The van der Waals surface area contributed by atoms with Gasteiger partial charge in [-0.25, -0.2) is 0 Å². The summed E-state index contributed by atoms with van der Waals surface area (Å²) >= 11 is 0. The predicted molar refractivity (Wildman–Crippen MR) is 32.5 cm³/mol. The average molecular weight is 123 g/mol. The van der Waals surface area contributed by atoms with Crippen LogP contribution in [0.25, 0.3) is 0 Å². The maximum Gasteiger partial charge on any atom is 0.179 e. The third-order valence-corrected chi connectivity index (χ3v) is 2.19. The molecule has 2 atom stereocenters. The minimum atomic E-state index is 0.514. The molecule has 0 aromatic heterocycles. The molecular formula is C6H9N3. The van der Waals surface area contributed by atoms with Gasteiger partial charge >= 0.3 is 0 Å². The molecule has 2 unspecified atom stereocenters. The van der Waals surface area contributed by atoms with Gasteiger partial charge in [0.15, 0.2) is 6.19 Å². The van der Waals surface area contributed by atoms with Crippen molar-refractivity contribution in [1.82, 2.24) is 10.2 Å². The van der Waals surface area contributed by atoms with E-state index in [0.29, 0.717) is 12.1 Å². The zero-order chi connectivity index (χ0) is 6.27. The van der Waals surface area contributed by atoms with E-state index in [1.165, 1.54) is 6.42 Å². The van der Waals surface area contributed by atoms with Crippen molar-refractivity contribution in [3.8, 4) is 6.19 Å². The van der Waals surface area contributed by atoms with E-state index in [0.717, 1.165) is 13.1 Å². The van der Waals surface area contributed by atoms with Gasteiger partial charge in [-0.15, -0.1) is 0 Å². The lowest BCUT2D eigenvalue weighted by molar-refractivity contribution is 0.323. The normalized spacial score (nSPS) is 39.2. The first-order valence-electron chi connectivity index (χ1n) is 3.30. The highest BCUT2D eigenvalue weighted by Gasteiger charge is 2.36. The second-order valence-corrected chi connectivity index (χ2v) is 2.75. The van der Waals surface area contributed by atoms with E-state index in [4.69, 9.17) is 5.26 Å². The van der Waals surface area contributed by atoms with Gasteiger partial charge in [0.25, 0.3) is 0 Å². The fourth-order valence-electron chi connectivity index (χ4n) is 1.68. The van der Waals surface area contributed by atoms with Crippen LogP contribution in [0.3, 0.4) is 0 Å². The molecular weight excluding hydrogens is 114 g/mol. The summed E-state index contributed by atoms with van der Waals surface area (Å²) in [5.41, 5.74) is 0. The molecule has 9 heavy (non-hydrogen) atoms. The fraction of sp³-hybridized carbons (Fsp3) is 0.833. The molecule has 1 N–H and O–H groups in total. The Hall–Kier alpha value is -0.750. The summed E-state index contributed by atoms with van der Waals surface area (Å²) in [4.78, 5) is 1.88. The van der Waals surface area contributed by atoms with Gasteiger partial charge in [0, 0.05) is 19.1 Å². The molecule has 0 aromatic rings. The lowest BCUT2D eigenvalue weighted by atomic mass is 10.2. The van der Waals surface area contributed by atoms with Crippen LogP contribution in [0.2, 0.25) is 0 Å². The van der Waals surface area contributed by atoms with Crippen LogP contribution < -0.4 is 5.32 Å². The highest BCUT2D eigenvalue weighted by atomic mass is 15.3. The van der Waals surface area contributed by atoms with Gasteiger partial charge in [0.05, 0.1) is 6.04 Å². The van der Waals surface area contributed by atoms with Crippen LogP contribution >= 0.6 is 0 Å². The zero-order valence-electron chi connectivity index (χ0n) is 5.17. The van der Waals surface area contributed by atoms with E-state index in [2.05, 4.69) is 11.5 Å². The van der Waals surface area contributed by atoms with Gasteiger partial charge < -0.3 is 10.2 Å². The first kappa shape index (κ1) is 5.07. The van der Waals surface area contributed by atoms with Crippen LogP contribution in [0, 0.1) is 11.5 Å². The van der Waals surface area contributed by atoms with Crippen molar-refractivity contribution >= 4 is 0 Å². The summed E-state index contributed by atoms with van der Waals surface area (Å²) in [5.74, 6) is 0. The Bertz CT molecular complexity index is 160. The number of piperazine rings is 1. The molecule has 0 radical (unpaired) electrons. The summed E-state index contributed by atoms with van der Waals surface area (Å²) < 4.78 is 0. The topological polar surface area (TPSA) is 39.1 Å². The molecule has 3 heteroatoms. The van der Waals surface area contributed by atoms with Crippen molar-refractivity contribution in [2.45, 2.75) is 18.5 Å². The molecule has 3 nitrogen and oxygen atoms in total. The van der Waals surface area contributed by atoms with E-state index in [1.807, 2.05) is 4.90 Å². The summed E-state index contributed by atoms with van der Waals surface area (Å²) in [7, 11) is 0. The molecule has 2 heterocycles.